The third-order valence-corrected chi connectivity index (χ3v) is 3.95. The number of aromatic nitrogens is 4. The Balaban J connectivity index is 1.35. The van der Waals surface area contributed by atoms with Gasteiger partial charge in [-0.1, -0.05) is 11.6 Å². The number of rotatable bonds is 6. The number of anilines is 2. The summed E-state index contributed by atoms with van der Waals surface area (Å²) < 4.78 is 0. The van der Waals surface area contributed by atoms with E-state index in [4.69, 9.17) is 11.6 Å². The van der Waals surface area contributed by atoms with Gasteiger partial charge < -0.3 is 10.2 Å². The molecule has 23 heavy (non-hydrogen) atoms. The van der Waals surface area contributed by atoms with Crippen molar-refractivity contribution in [3.05, 3.63) is 36.0 Å². The van der Waals surface area contributed by atoms with Gasteiger partial charge in [0.25, 0.3) is 0 Å². The van der Waals surface area contributed by atoms with E-state index >= 15 is 0 Å². The van der Waals surface area contributed by atoms with Crippen LogP contribution in [0.3, 0.4) is 0 Å². The van der Waals surface area contributed by atoms with Crippen molar-refractivity contribution in [2.75, 3.05) is 49.5 Å². The topological polar surface area (TPSA) is 70.1 Å². The quantitative estimate of drug-likeness (QED) is 0.804. The Bertz CT molecular complexity index is 602. The molecule has 7 nitrogen and oxygen atoms in total. The monoisotopic (exact) mass is 333 g/mol. The molecule has 3 rings (SSSR count). The van der Waals surface area contributed by atoms with Crippen LogP contribution in [0.5, 0.6) is 0 Å². The van der Waals surface area contributed by atoms with Gasteiger partial charge in [0.15, 0.2) is 0 Å². The molecule has 1 aliphatic heterocycles. The zero-order chi connectivity index (χ0) is 15.9. The fraction of sp³-hybridized carbons (Fsp3) is 0.467. The SMILES string of the molecule is Clc1cncc(NCCCN2CCN(c3ncccn3)CC2)n1. The predicted octanol–water partition coefficient (Wildman–Crippen LogP) is 1.54. The number of nitrogens with one attached hydrogen (secondary N) is 1. The van der Waals surface area contributed by atoms with Crippen LogP contribution in [0.15, 0.2) is 30.9 Å². The van der Waals surface area contributed by atoms with Gasteiger partial charge in [-0.25, -0.2) is 15.0 Å². The molecule has 1 fully saturated rings. The van der Waals surface area contributed by atoms with E-state index in [9.17, 15) is 0 Å². The van der Waals surface area contributed by atoms with Crippen molar-refractivity contribution in [3.8, 4) is 0 Å². The van der Waals surface area contributed by atoms with Gasteiger partial charge in [-0.05, 0) is 19.0 Å². The van der Waals surface area contributed by atoms with Crippen LogP contribution in [0.4, 0.5) is 11.8 Å². The average Bonchev–Trinajstić information content (AvgIpc) is 2.60. The maximum Gasteiger partial charge on any atom is 0.225 e. The van der Waals surface area contributed by atoms with E-state index in [2.05, 4.69) is 35.1 Å². The molecule has 1 N–H and O–H groups in total. The highest BCUT2D eigenvalue weighted by atomic mass is 35.5. The summed E-state index contributed by atoms with van der Waals surface area (Å²) in [6.07, 6.45) is 7.85. The molecule has 3 heterocycles. The smallest absolute Gasteiger partial charge is 0.225 e. The van der Waals surface area contributed by atoms with Gasteiger partial charge in [0.1, 0.15) is 11.0 Å². The summed E-state index contributed by atoms with van der Waals surface area (Å²) in [6.45, 7) is 5.93. The molecule has 8 heteroatoms. The lowest BCUT2D eigenvalue weighted by atomic mass is 10.3. The summed E-state index contributed by atoms with van der Waals surface area (Å²) in [6, 6.07) is 1.84. The Morgan fingerprint density at radius 2 is 1.87 bits per heavy atom. The minimum Gasteiger partial charge on any atom is -0.369 e. The van der Waals surface area contributed by atoms with Crippen LogP contribution in [0.25, 0.3) is 0 Å². The zero-order valence-corrected chi connectivity index (χ0v) is 13.7. The van der Waals surface area contributed by atoms with Crippen molar-refractivity contribution in [2.45, 2.75) is 6.42 Å². The molecular weight excluding hydrogens is 314 g/mol. The van der Waals surface area contributed by atoms with E-state index < -0.39 is 0 Å². The molecule has 0 aliphatic carbocycles. The molecule has 0 aromatic carbocycles. The lowest BCUT2D eigenvalue weighted by Crippen LogP contribution is -2.47. The highest BCUT2D eigenvalue weighted by molar-refractivity contribution is 6.29. The van der Waals surface area contributed by atoms with Crippen molar-refractivity contribution in [3.63, 3.8) is 0 Å². The average molecular weight is 334 g/mol. The second-order valence-corrected chi connectivity index (χ2v) is 5.77. The van der Waals surface area contributed by atoms with Crippen molar-refractivity contribution in [2.24, 2.45) is 0 Å². The largest absolute Gasteiger partial charge is 0.369 e. The van der Waals surface area contributed by atoms with Gasteiger partial charge in [0, 0.05) is 45.1 Å². The van der Waals surface area contributed by atoms with Gasteiger partial charge in [-0.3, -0.25) is 9.88 Å². The first kappa shape index (κ1) is 15.9. The predicted molar refractivity (Wildman–Crippen MR) is 90.8 cm³/mol. The fourth-order valence-corrected chi connectivity index (χ4v) is 2.72. The Hall–Kier alpha value is -1.99. The molecule has 1 saturated heterocycles. The van der Waals surface area contributed by atoms with E-state index in [0.717, 1.165) is 57.5 Å². The molecule has 1 aliphatic rings. The van der Waals surface area contributed by atoms with Crippen LogP contribution < -0.4 is 10.2 Å². The highest BCUT2D eigenvalue weighted by Gasteiger charge is 2.17. The maximum absolute atomic E-state index is 5.81. The third kappa shape index (κ3) is 4.74. The van der Waals surface area contributed by atoms with Crippen LogP contribution >= 0.6 is 11.6 Å². The molecule has 0 amide bonds. The fourth-order valence-electron chi connectivity index (χ4n) is 2.57. The van der Waals surface area contributed by atoms with Gasteiger partial charge in [-0.2, -0.15) is 0 Å². The number of halogens is 1. The van der Waals surface area contributed by atoms with Crippen LogP contribution in [0.1, 0.15) is 6.42 Å². The minimum absolute atomic E-state index is 0.411. The molecular formula is C15H20ClN7. The highest BCUT2D eigenvalue weighted by Crippen LogP contribution is 2.10. The molecule has 2 aromatic rings. The van der Waals surface area contributed by atoms with Crippen molar-refractivity contribution in [1.29, 1.82) is 0 Å². The first-order valence-electron chi connectivity index (χ1n) is 7.77. The molecule has 0 unspecified atom stereocenters. The molecule has 0 atom stereocenters. The van der Waals surface area contributed by atoms with E-state index in [-0.39, 0.29) is 0 Å². The molecule has 0 bridgehead atoms. The lowest BCUT2D eigenvalue weighted by Gasteiger charge is -2.34. The molecule has 0 spiro atoms. The van der Waals surface area contributed by atoms with Gasteiger partial charge in [0.05, 0.1) is 12.4 Å². The zero-order valence-electron chi connectivity index (χ0n) is 12.9. The third-order valence-electron chi connectivity index (χ3n) is 3.77. The molecule has 2 aromatic heterocycles. The summed E-state index contributed by atoms with van der Waals surface area (Å²) in [7, 11) is 0. The number of hydrogen-bond donors (Lipinski definition) is 1. The Kier molecular flexibility index (Phi) is 5.55. The second-order valence-electron chi connectivity index (χ2n) is 5.38. The van der Waals surface area contributed by atoms with E-state index in [0.29, 0.717) is 5.15 Å². The standard InChI is InChI=1S/C15H20ClN7/c16-13-11-17-12-14(21-13)18-5-2-6-22-7-9-23(10-8-22)15-19-3-1-4-20-15/h1,3-4,11-12H,2,5-10H2,(H,18,21). The molecule has 122 valence electrons. The van der Waals surface area contributed by atoms with Crippen LogP contribution in [-0.4, -0.2) is 64.1 Å². The summed E-state index contributed by atoms with van der Waals surface area (Å²) in [5.41, 5.74) is 0. The van der Waals surface area contributed by atoms with Crippen molar-refractivity contribution in [1.82, 2.24) is 24.8 Å². The summed E-state index contributed by atoms with van der Waals surface area (Å²) in [5, 5.41) is 3.66. The van der Waals surface area contributed by atoms with Crippen molar-refractivity contribution < 1.29 is 0 Å². The van der Waals surface area contributed by atoms with Crippen molar-refractivity contribution >= 4 is 23.4 Å². The Morgan fingerprint density at radius 3 is 2.61 bits per heavy atom. The number of hydrogen-bond acceptors (Lipinski definition) is 7. The summed E-state index contributed by atoms with van der Waals surface area (Å²) in [5.74, 6) is 1.55. The molecule has 0 radical (unpaired) electrons. The first-order chi connectivity index (χ1) is 11.3. The maximum atomic E-state index is 5.81. The summed E-state index contributed by atoms with van der Waals surface area (Å²) in [4.78, 5) is 21.5. The van der Waals surface area contributed by atoms with Gasteiger partial charge >= 0.3 is 0 Å². The van der Waals surface area contributed by atoms with Crippen LogP contribution in [0.2, 0.25) is 5.15 Å². The van der Waals surface area contributed by atoms with Crippen LogP contribution in [-0.2, 0) is 0 Å². The van der Waals surface area contributed by atoms with E-state index in [1.165, 1.54) is 6.20 Å². The number of piperazine rings is 1. The lowest BCUT2D eigenvalue weighted by molar-refractivity contribution is 0.256. The Labute approximate surface area is 140 Å². The second kappa shape index (κ2) is 8.03. The van der Waals surface area contributed by atoms with E-state index in [1.54, 1.807) is 18.6 Å². The normalized spacial score (nSPS) is 15.6. The first-order valence-corrected chi connectivity index (χ1v) is 8.15. The van der Waals surface area contributed by atoms with Gasteiger partial charge in [-0.15, -0.1) is 0 Å². The minimum atomic E-state index is 0.411. The summed E-state index contributed by atoms with van der Waals surface area (Å²) >= 11 is 5.81. The number of nitrogens with zero attached hydrogens (tertiary/aromatic N) is 6. The molecule has 0 saturated carbocycles. The van der Waals surface area contributed by atoms with E-state index in [1.807, 2.05) is 6.07 Å². The van der Waals surface area contributed by atoms with Crippen LogP contribution in [0, 0.1) is 0 Å². The van der Waals surface area contributed by atoms with Gasteiger partial charge in [0.2, 0.25) is 5.95 Å². The Morgan fingerprint density at radius 1 is 1.09 bits per heavy atom.